The third-order valence-electron chi connectivity index (χ3n) is 2.35. The second-order valence-corrected chi connectivity index (χ2v) is 4.11. The van der Waals surface area contributed by atoms with Crippen molar-refractivity contribution in [3.05, 3.63) is 11.6 Å². The molecule has 0 aromatic carbocycles. The van der Waals surface area contributed by atoms with Gasteiger partial charge in [0, 0.05) is 12.6 Å². The zero-order chi connectivity index (χ0) is 10.8. The summed E-state index contributed by atoms with van der Waals surface area (Å²) in [7, 11) is 0. The van der Waals surface area contributed by atoms with E-state index < -0.39 is 5.60 Å². The molecule has 1 rings (SSSR count). The fourth-order valence-electron chi connectivity index (χ4n) is 1.51. The van der Waals surface area contributed by atoms with E-state index in [0.717, 1.165) is 5.57 Å². The van der Waals surface area contributed by atoms with Crippen molar-refractivity contribution in [2.24, 2.45) is 0 Å². The SMILES string of the molecule is CC(C)=CC(=O)N1CCC(O)(CO)C1. The van der Waals surface area contributed by atoms with Crippen LogP contribution in [0.5, 0.6) is 0 Å². The maximum absolute atomic E-state index is 11.5. The lowest BCUT2D eigenvalue weighted by Gasteiger charge is -2.20. The lowest BCUT2D eigenvalue weighted by Crippen LogP contribution is -2.38. The Morgan fingerprint density at radius 1 is 1.57 bits per heavy atom. The van der Waals surface area contributed by atoms with Crippen LogP contribution in [0.2, 0.25) is 0 Å². The highest BCUT2D eigenvalue weighted by Gasteiger charge is 2.36. The maximum atomic E-state index is 11.5. The Labute approximate surface area is 83.8 Å². The van der Waals surface area contributed by atoms with Gasteiger partial charge >= 0.3 is 0 Å². The number of carbonyl (C=O) groups excluding carboxylic acids is 1. The van der Waals surface area contributed by atoms with Gasteiger partial charge in [0.1, 0.15) is 5.60 Å². The van der Waals surface area contributed by atoms with E-state index in [-0.39, 0.29) is 19.1 Å². The normalized spacial score (nSPS) is 26.4. The molecule has 1 heterocycles. The fraction of sp³-hybridized carbons (Fsp3) is 0.700. The quantitative estimate of drug-likeness (QED) is 0.611. The number of likely N-dealkylation sites (tertiary alicyclic amines) is 1. The van der Waals surface area contributed by atoms with Crippen molar-refractivity contribution in [1.82, 2.24) is 4.90 Å². The number of hydrogen-bond acceptors (Lipinski definition) is 3. The molecule has 1 aliphatic heterocycles. The smallest absolute Gasteiger partial charge is 0.246 e. The van der Waals surface area contributed by atoms with Crippen LogP contribution in [0.4, 0.5) is 0 Å². The number of amides is 1. The minimum Gasteiger partial charge on any atom is -0.393 e. The molecule has 0 aromatic rings. The van der Waals surface area contributed by atoms with Gasteiger partial charge in [-0.1, -0.05) is 5.57 Å². The molecular weight excluding hydrogens is 182 g/mol. The fourth-order valence-corrected chi connectivity index (χ4v) is 1.51. The molecule has 1 saturated heterocycles. The van der Waals surface area contributed by atoms with Crippen LogP contribution in [-0.4, -0.2) is 46.3 Å². The van der Waals surface area contributed by atoms with Gasteiger partial charge in [-0.2, -0.15) is 0 Å². The zero-order valence-corrected chi connectivity index (χ0v) is 8.66. The van der Waals surface area contributed by atoms with Crippen molar-refractivity contribution < 1.29 is 15.0 Å². The van der Waals surface area contributed by atoms with Crippen molar-refractivity contribution in [2.75, 3.05) is 19.7 Å². The summed E-state index contributed by atoms with van der Waals surface area (Å²) in [5.41, 5.74) is -0.153. The molecule has 0 saturated carbocycles. The Bertz CT molecular complexity index is 258. The third-order valence-corrected chi connectivity index (χ3v) is 2.35. The topological polar surface area (TPSA) is 60.8 Å². The summed E-state index contributed by atoms with van der Waals surface area (Å²) in [6.45, 7) is 4.16. The molecule has 1 unspecified atom stereocenters. The maximum Gasteiger partial charge on any atom is 0.246 e. The summed E-state index contributed by atoms with van der Waals surface area (Å²) in [4.78, 5) is 13.1. The Hall–Kier alpha value is -0.870. The number of β-amino-alcohol motifs (C(OH)–C–C–N with tert-alkyl or cyclic N) is 1. The molecule has 80 valence electrons. The van der Waals surface area contributed by atoms with Crippen molar-refractivity contribution in [1.29, 1.82) is 0 Å². The Kier molecular flexibility index (Phi) is 3.29. The van der Waals surface area contributed by atoms with Gasteiger partial charge in [0.05, 0.1) is 13.2 Å². The Balaban J connectivity index is 2.58. The molecule has 0 bridgehead atoms. The first kappa shape index (κ1) is 11.2. The van der Waals surface area contributed by atoms with Gasteiger partial charge in [-0.15, -0.1) is 0 Å². The number of carbonyl (C=O) groups is 1. The molecule has 1 atom stereocenters. The summed E-state index contributed by atoms with van der Waals surface area (Å²) in [6.07, 6.45) is 1.99. The van der Waals surface area contributed by atoms with Crippen LogP contribution < -0.4 is 0 Å². The third kappa shape index (κ3) is 2.56. The molecule has 4 heteroatoms. The second-order valence-electron chi connectivity index (χ2n) is 4.11. The van der Waals surface area contributed by atoms with Crippen LogP contribution >= 0.6 is 0 Å². The highest BCUT2D eigenvalue weighted by atomic mass is 16.3. The van der Waals surface area contributed by atoms with Gasteiger partial charge in [-0.3, -0.25) is 4.79 Å². The molecule has 1 amide bonds. The van der Waals surface area contributed by atoms with Gasteiger partial charge in [-0.25, -0.2) is 0 Å². The van der Waals surface area contributed by atoms with Crippen LogP contribution in [0.15, 0.2) is 11.6 Å². The van der Waals surface area contributed by atoms with Crippen molar-refractivity contribution in [3.63, 3.8) is 0 Å². The number of aliphatic hydroxyl groups is 2. The van der Waals surface area contributed by atoms with E-state index >= 15 is 0 Å². The molecule has 4 nitrogen and oxygen atoms in total. The second kappa shape index (κ2) is 4.11. The standard InChI is InChI=1S/C10H17NO3/c1-8(2)5-9(13)11-4-3-10(14,6-11)7-12/h5,12,14H,3-4,6-7H2,1-2H3. The number of hydrogen-bond donors (Lipinski definition) is 2. The predicted octanol–water partition coefficient (Wildman–Crippen LogP) is -0.0917. The van der Waals surface area contributed by atoms with E-state index in [0.29, 0.717) is 13.0 Å². The monoisotopic (exact) mass is 199 g/mol. The minimum absolute atomic E-state index is 0.0885. The van der Waals surface area contributed by atoms with Crippen LogP contribution in [0.3, 0.4) is 0 Å². The van der Waals surface area contributed by atoms with Gasteiger partial charge < -0.3 is 15.1 Å². The van der Waals surface area contributed by atoms with Gasteiger partial charge in [-0.05, 0) is 20.3 Å². The molecule has 14 heavy (non-hydrogen) atoms. The van der Waals surface area contributed by atoms with Gasteiger partial charge in [0.25, 0.3) is 0 Å². The highest BCUT2D eigenvalue weighted by Crippen LogP contribution is 2.20. The molecule has 0 aliphatic carbocycles. The first-order chi connectivity index (χ1) is 6.47. The van der Waals surface area contributed by atoms with E-state index in [1.54, 1.807) is 11.0 Å². The summed E-state index contributed by atoms with van der Waals surface area (Å²) < 4.78 is 0. The predicted molar refractivity (Wildman–Crippen MR) is 52.7 cm³/mol. The molecule has 0 radical (unpaired) electrons. The number of nitrogens with zero attached hydrogens (tertiary/aromatic N) is 1. The molecule has 2 N–H and O–H groups in total. The highest BCUT2D eigenvalue weighted by molar-refractivity contribution is 5.88. The lowest BCUT2D eigenvalue weighted by molar-refractivity contribution is -0.126. The average molecular weight is 199 g/mol. The van der Waals surface area contributed by atoms with E-state index in [1.807, 2.05) is 13.8 Å². The average Bonchev–Trinajstić information content (AvgIpc) is 2.48. The number of rotatable bonds is 2. The van der Waals surface area contributed by atoms with Gasteiger partial charge in [0.15, 0.2) is 0 Å². The molecule has 0 spiro atoms. The minimum atomic E-state index is -1.09. The van der Waals surface area contributed by atoms with Crippen molar-refractivity contribution >= 4 is 5.91 Å². The summed E-state index contributed by atoms with van der Waals surface area (Å²) in [5, 5.41) is 18.6. The number of allylic oxidation sites excluding steroid dienone is 1. The first-order valence-electron chi connectivity index (χ1n) is 4.74. The van der Waals surface area contributed by atoms with Crippen LogP contribution in [0.25, 0.3) is 0 Å². The molecule has 0 aromatic heterocycles. The Morgan fingerprint density at radius 2 is 2.21 bits per heavy atom. The molecule has 1 aliphatic rings. The zero-order valence-electron chi connectivity index (χ0n) is 8.66. The van der Waals surface area contributed by atoms with Crippen LogP contribution in [0, 0.1) is 0 Å². The van der Waals surface area contributed by atoms with E-state index in [2.05, 4.69) is 0 Å². The van der Waals surface area contributed by atoms with Crippen LogP contribution in [-0.2, 0) is 4.79 Å². The number of aliphatic hydroxyl groups excluding tert-OH is 1. The van der Waals surface area contributed by atoms with Crippen molar-refractivity contribution in [3.8, 4) is 0 Å². The Morgan fingerprint density at radius 3 is 2.64 bits per heavy atom. The summed E-state index contributed by atoms with van der Waals surface area (Å²) in [5.74, 6) is -0.0885. The lowest BCUT2D eigenvalue weighted by atomic mass is 10.1. The van der Waals surface area contributed by atoms with E-state index in [1.165, 1.54) is 0 Å². The van der Waals surface area contributed by atoms with E-state index in [4.69, 9.17) is 5.11 Å². The molecular formula is C10H17NO3. The largest absolute Gasteiger partial charge is 0.393 e. The van der Waals surface area contributed by atoms with Gasteiger partial charge in [0.2, 0.25) is 5.91 Å². The summed E-state index contributed by atoms with van der Waals surface area (Å²) >= 11 is 0. The first-order valence-corrected chi connectivity index (χ1v) is 4.74. The molecule has 1 fully saturated rings. The van der Waals surface area contributed by atoms with Crippen LogP contribution in [0.1, 0.15) is 20.3 Å². The van der Waals surface area contributed by atoms with Crippen molar-refractivity contribution in [2.45, 2.75) is 25.9 Å². The summed E-state index contributed by atoms with van der Waals surface area (Å²) in [6, 6.07) is 0. The van der Waals surface area contributed by atoms with E-state index in [9.17, 15) is 9.90 Å².